The Balaban J connectivity index is 0.000000172. The molecule has 52 heteroatoms. The molecular weight excluding hydrogens is 1900 g/mol. The standard InChI is InChI=1S/5C14H8O8S2.2V/c5*15-12-7-3-1-2-4-8(7)13(16)11-9(12)5-6-10(23(17,18)19)14(11)24(20,21)22;;/h5*1-6H,(H,17,18,19)(H,20,21,22);;/p-10. The van der Waals surface area contributed by atoms with E-state index in [0.717, 1.165) is 30.3 Å². The van der Waals surface area contributed by atoms with E-state index in [1.54, 1.807) is 0 Å². The van der Waals surface area contributed by atoms with Gasteiger partial charge < -0.3 is 45.5 Å². The van der Waals surface area contributed by atoms with Gasteiger partial charge in [0.05, 0.1) is 76.8 Å². The van der Waals surface area contributed by atoms with E-state index in [0.29, 0.717) is 30.3 Å². The van der Waals surface area contributed by atoms with Crippen LogP contribution in [0.2, 0.25) is 0 Å². The smallest absolute Gasteiger partial charge is 0.195 e. The van der Waals surface area contributed by atoms with E-state index in [9.17, 15) is 178 Å². The number of hydrogen-bond donors (Lipinski definition) is 0. The van der Waals surface area contributed by atoms with Crippen LogP contribution in [0.25, 0.3) is 0 Å². The molecule has 0 heterocycles. The molecule has 0 aromatic heterocycles. The first-order valence-corrected chi connectivity index (χ1v) is 45.6. The molecular formula is C70H30O40S10V2-10. The SMILES string of the molecule is O=C1c2ccccc2C(=O)c2c1ccc(S(=O)(=O)[O-])c2S(=O)(=O)[O-].O=C1c2ccccc2C(=O)c2c1ccc(S(=O)(=O)[O-])c2S(=O)(=O)[O-].O=C1c2ccccc2C(=O)c2c1ccc(S(=O)(=O)[O-])c2S(=O)(=O)[O-].O=C1c2ccccc2C(=O)c2c1ccc(S(=O)(=O)[O-])c2S(=O)(=O)[O-].O=C1c2ccccc2C(=O)c2c1ccc(S(=O)(=O)[O-])c2S(=O)(=O)[O-].[V].[V]. The number of ketones is 10. The fourth-order valence-corrected chi connectivity index (χ4v) is 22.6. The fourth-order valence-electron chi connectivity index (χ4n) is 12.9. The average molecular weight is 1930 g/mol. The molecule has 5 aliphatic rings. The van der Waals surface area contributed by atoms with E-state index >= 15 is 0 Å². The summed E-state index contributed by atoms with van der Waals surface area (Å²) in [5.74, 6) is -8.82. The second-order valence-electron chi connectivity index (χ2n) is 24.6. The molecule has 0 fully saturated rings. The zero-order valence-corrected chi connectivity index (χ0v) is 69.6. The zero-order chi connectivity index (χ0) is 89.3. The molecule has 0 amide bonds. The van der Waals surface area contributed by atoms with Gasteiger partial charge in [-0.3, -0.25) is 47.9 Å². The molecule has 0 bridgehead atoms. The predicted molar refractivity (Wildman–Crippen MR) is 378 cm³/mol. The van der Waals surface area contributed by atoms with Crippen molar-refractivity contribution in [2.75, 3.05) is 0 Å². The fraction of sp³-hybridized carbons (Fsp3) is 0. The second-order valence-corrected chi connectivity index (χ2v) is 38.0. The summed E-state index contributed by atoms with van der Waals surface area (Å²) in [6.45, 7) is 0. The minimum Gasteiger partial charge on any atom is -0.744 e. The molecule has 0 N–H and O–H groups in total. The summed E-state index contributed by atoms with van der Waals surface area (Å²) in [7, 11) is -54.4. The number of carbonyl (C=O) groups excluding carboxylic acids is 10. The van der Waals surface area contributed by atoms with E-state index in [4.69, 9.17) is 0 Å². The Morgan fingerprint density at radius 3 is 0.344 bits per heavy atom. The van der Waals surface area contributed by atoms with Crippen LogP contribution in [0, 0.1) is 0 Å². The molecule has 2 radical (unpaired) electrons. The Bertz CT molecular complexity index is 6710. The number of benzene rings is 10. The molecule has 5 aliphatic carbocycles. The number of rotatable bonds is 10. The van der Waals surface area contributed by atoms with Gasteiger partial charge in [-0.15, -0.1) is 0 Å². The van der Waals surface area contributed by atoms with Crippen LogP contribution in [-0.4, -0.2) is 188 Å². The summed E-state index contributed by atoms with van der Waals surface area (Å²) in [6.07, 6.45) is 0. The Morgan fingerprint density at radius 1 is 0.139 bits per heavy atom. The summed E-state index contributed by atoms with van der Waals surface area (Å²) in [6, 6.07) is 34.3. The largest absolute Gasteiger partial charge is 0.744 e. The molecule has 0 atom stereocenters. The van der Waals surface area contributed by atoms with Crippen LogP contribution in [0.3, 0.4) is 0 Å². The Labute approximate surface area is 710 Å². The number of hydrogen-bond acceptors (Lipinski definition) is 40. The quantitative estimate of drug-likeness (QED) is 0.174. The number of carbonyl (C=O) groups is 10. The molecule has 0 spiro atoms. The van der Waals surface area contributed by atoms with Crippen molar-refractivity contribution in [2.24, 2.45) is 0 Å². The maximum atomic E-state index is 12.5. The minimum absolute atomic E-state index is 0. The first kappa shape index (κ1) is 95.0. The first-order valence-electron chi connectivity index (χ1n) is 31.5. The molecule has 122 heavy (non-hydrogen) atoms. The van der Waals surface area contributed by atoms with E-state index < -0.39 is 264 Å². The summed E-state index contributed by atoms with van der Waals surface area (Å²) in [4.78, 5) is 111. The van der Waals surface area contributed by atoms with Crippen LogP contribution in [0.5, 0.6) is 0 Å². The van der Waals surface area contributed by atoms with Crippen molar-refractivity contribution in [3.8, 4) is 0 Å². The molecule has 10 aromatic rings. The molecule has 0 saturated heterocycles. The van der Waals surface area contributed by atoms with Crippen LogP contribution >= 0.6 is 0 Å². The van der Waals surface area contributed by atoms with Crippen molar-refractivity contribution in [3.63, 3.8) is 0 Å². The molecule has 15 rings (SSSR count). The van der Waals surface area contributed by atoms with Crippen LogP contribution < -0.4 is 0 Å². The number of fused-ring (bicyclic) bond motifs is 10. The predicted octanol–water partition coefficient (Wildman–Crippen LogP) is 1.35. The maximum Gasteiger partial charge on any atom is 0.195 e. The van der Waals surface area contributed by atoms with Gasteiger partial charge in [-0.1, -0.05) is 121 Å². The maximum absolute atomic E-state index is 12.5. The van der Waals surface area contributed by atoms with Gasteiger partial charge in [0.2, 0.25) is 0 Å². The van der Waals surface area contributed by atoms with E-state index in [2.05, 4.69) is 0 Å². The Kier molecular flexibility index (Phi) is 25.8. The van der Waals surface area contributed by atoms with E-state index in [1.807, 2.05) is 0 Å². The van der Waals surface area contributed by atoms with Gasteiger partial charge in [-0.2, -0.15) is 0 Å². The third-order valence-electron chi connectivity index (χ3n) is 17.6. The molecule has 0 aliphatic heterocycles. The second kappa shape index (κ2) is 33.1. The van der Waals surface area contributed by atoms with E-state index in [-0.39, 0.29) is 92.7 Å². The van der Waals surface area contributed by atoms with Gasteiger partial charge in [0.15, 0.2) is 57.8 Å². The third kappa shape index (κ3) is 17.6. The van der Waals surface area contributed by atoms with Crippen molar-refractivity contribution >= 4 is 159 Å². The van der Waals surface area contributed by atoms with Gasteiger partial charge in [-0.05, 0) is 60.7 Å². The Hall–Kier alpha value is -10.8. The molecule has 0 unspecified atom stereocenters. The molecule has 40 nitrogen and oxygen atoms in total. The summed E-state index contributed by atoms with van der Waals surface area (Å²) in [5, 5.41) is 0. The summed E-state index contributed by atoms with van der Waals surface area (Å²) >= 11 is 0. The van der Waals surface area contributed by atoms with Crippen molar-refractivity contribution < 1.29 is 215 Å². The van der Waals surface area contributed by atoms with Crippen molar-refractivity contribution in [1.82, 2.24) is 0 Å². The minimum atomic E-state index is -5.52. The summed E-state index contributed by atoms with van der Waals surface area (Å²) in [5.41, 5.74) is -7.60. The molecule has 10 aromatic carbocycles. The Morgan fingerprint density at radius 2 is 0.246 bits per heavy atom. The van der Waals surface area contributed by atoms with Gasteiger partial charge in [0.25, 0.3) is 0 Å². The van der Waals surface area contributed by atoms with Crippen LogP contribution in [0.1, 0.15) is 159 Å². The third-order valence-corrected chi connectivity index (χ3v) is 27.3. The van der Waals surface area contributed by atoms with Gasteiger partial charge >= 0.3 is 0 Å². The van der Waals surface area contributed by atoms with Crippen molar-refractivity contribution in [1.29, 1.82) is 0 Å². The van der Waals surface area contributed by atoms with Crippen LogP contribution in [0.15, 0.2) is 231 Å². The zero-order valence-electron chi connectivity index (χ0n) is 58.6. The normalized spacial score (nSPS) is 14.0. The average Bonchev–Trinajstić information content (AvgIpc) is 0.750. The van der Waals surface area contributed by atoms with Crippen molar-refractivity contribution in [2.45, 2.75) is 49.0 Å². The van der Waals surface area contributed by atoms with Crippen molar-refractivity contribution in [3.05, 3.63) is 293 Å². The first-order chi connectivity index (χ1) is 55.2. The van der Waals surface area contributed by atoms with Gasteiger partial charge in [0.1, 0.15) is 101 Å². The monoisotopic (exact) mass is 1930 g/mol. The van der Waals surface area contributed by atoms with Crippen LogP contribution in [0.4, 0.5) is 0 Å². The van der Waals surface area contributed by atoms with E-state index in [1.165, 1.54) is 121 Å². The molecule has 0 saturated carbocycles. The summed E-state index contributed by atoms with van der Waals surface area (Å²) < 4.78 is 342. The van der Waals surface area contributed by atoms with Crippen LogP contribution in [-0.2, 0) is 138 Å². The topological polar surface area (TPSA) is 743 Å². The molecule has 630 valence electrons. The van der Waals surface area contributed by atoms with Gasteiger partial charge in [-0.25, -0.2) is 84.2 Å². The van der Waals surface area contributed by atoms with Gasteiger partial charge in [0, 0.05) is 121 Å².